The fourth-order valence-electron chi connectivity index (χ4n) is 2.17. The largest absolute Gasteiger partial charge is 0.306 e. The minimum absolute atomic E-state index is 1.29. The summed E-state index contributed by atoms with van der Waals surface area (Å²) in [6.07, 6.45) is 12.0. The number of hydrogen-bond acceptors (Lipinski definition) is 1. The summed E-state index contributed by atoms with van der Waals surface area (Å²) < 4.78 is 0. The SMILES string of the molecule is C/C=C1/CCCCCN(C)CCCC1. The zero-order chi connectivity index (χ0) is 10.2. The summed E-state index contributed by atoms with van der Waals surface area (Å²) in [5.41, 5.74) is 1.69. The minimum Gasteiger partial charge on any atom is -0.306 e. The molecule has 0 aromatic rings. The van der Waals surface area contributed by atoms with Crippen molar-refractivity contribution in [2.45, 2.75) is 51.9 Å². The van der Waals surface area contributed by atoms with Gasteiger partial charge in [0.25, 0.3) is 0 Å². The lowest BCUT2D eigenvalue weighted by molar-refractivity contribution is 0.319. The fraction of sp³-hybridized carbons (Fsp3) is 0.846. The third kappa shape index (κ3) is 4.80. The van der Waals surface area contributed by atoms with Crippen LogP contribution in [-0.4, -0.2) is 25.0 Å². The molecule has 1 fully saturated rings. The minimum atomic E-state index is 1.29. The molecule has 1 rings (SSSR count). The van der Waals surface area contributed by atoms with Crippen molar-refractivity contribution in [2.75, 3.05) is 20.1 Å². The van der Waals surface area contributed by atoms with Gasteiger partial charge in [-0.15, -0.1) is 0 Å². The Hall–Kier alpha value is -0.300. The molecule has 1 saturated heterocycles. The molecule has 0 amide bonds. The predicted octanol–water partition coefficient (Wildman–Crippen LogP) is 3.61. The van der Waals surface area contributed by atoms with Gasteiger partial charge < -0.3 is 4.90 Å². The second kappa shape index (κ2) is 7.05. The Morgan fingerprint density at radius 2 is 1.50 bits per heavy atom. The molecule has 1 nitrogen and oxygen atoms in total. The topological polar surface area (TPSA) is 3.24 Å². The van der Waals surface area contributed by atoms with Crippen LogP contribution in [0, 0.1) is 0 Å². The highest BCUT2D eigenvalue weighted by Crippen LogP contribution is 2.17. The van der Waals surface area contributed by atoms with Crippen molar-refractivity contribution in [3.05, 3.63) is 11.6 Å². The molecule has 0 spiro atoms. The third-order valence-corrected chi connectivity index (χ3v) is 3.23. The Morgan fingerprint density at radius 3 is 2.14 bits per heavy atom. The van der Waals surface area contributed by atoms with Crippen molar-refractivity contribution in [1.82, 2.24) is 4.90 Å². The maximum Gasteiger partial charge on any atom is -0.00217 e. The number of hydrogen-bond donors (Lipinski definition) is 0. The van der Waals surface area contributed by atoms with E-state index in [1.54, 1.807) is 5.57 Å². The van der Waals surface area contributed by atoms with Gasteiger partial charge in [-0.1, -0.05) is 18.1 Å². The molecule has 0 atom stereocenters. The molecular formula is C13H25N. The first-order valence-electron chi connectivity index (χ1n) is 6.15. The fourth-order valence-corrected chi connectivity index (χ4v) is 2.17. The molecule has 0 bridgehead atoms. The monoisotopic (exact) mass is 195 g/mol. The average Bonchev–Trinajstić information content (AvgIpc) is 2.23. The molecule has 1 heteroatoms. The average molecular weight is 195 g/mol. The first-order chi connectivity index (χ1) is 6.83. The van der Waals surface area contributed by atoms with Crippen LogP contribution in [0.5, 0.6) is 0 Å². The summed E-state index contributed by atoms with van der Waals surface area (Å²) in [6.45, 7) is 4.78. The van der Waals surface area contributed by atoms with E-state index < -0.39 is 0 Å². The molecule has 1 heterocycles. The molecule has 14 heavy (non-hydrogen) atoms. The second-order valence-corrected chi connectivity index (χ2v) is 4.52. The molecule has 82 valence electrons. The molecule has 1 aliphatic rings. The molecule has 0 saturated carbocycles. The second-order valence-electron chi connectivity index (χ2n) is 4.52. The first-order valence-corrected chi connectivity index (χ1v) is 6.15. The Kier molecular flexibility index (Phi) is 5.93. The lowest BCUT2D eigenvalue weighted by atomic mass is 10.0. The van der Waals surface area contributed by atoms with Crippen LogP contribution in [0.15, 0.2) is 11.6 Å². The first kappa shape index (κ1) is 11.8. The van der Waals surface area contributed by atoms with Gasteiger partial charge in [-0.25, -0.2) is 0 Å². The van der Waals surface area contributed by atoms with Crippen LogP contribution in [-0.2, 0) is 0 Å². The van der Waals surface area contributed by atoms with Crippen LogP contribution >= 0.6 is 0 Å². The Balaban J connectivity index is 2.33. The smallest absolute Gasteiger partial charge is 0.00217 e. The molecular weight excluding hydrogens is 170 g/mol. The van der Waals surface area contributed by atoms with Crippen LogP contribution in [0.25, 0.3) is 0 Å². The Morgan fingerprint density at radius 1 is 0.929 bits per heavy atom. The van der Waals surface area contributed by atoms with E-state index in [0.29, 0.717) is 0 Å². The van der Waals surface area contributed by atoms with E-state index >= 15 is 0 Å². The summed E-state index contributed by atoms with van der Waals surface area (Å²) in [4.78, 5) is 2.49. The molecule has 0 aliphatic carbocycles. The van der Waals surface area contributed by atoms with E-state index in [1.165, 1.54) is 58.0 Å². The van der Waals surface area contributed by atoms with Crippen molar-refractivity contribution < 1.29 is 0 Å². The van der Waals surface area contributed by atoms with Gasteiger partial charge in [0.2, 0.25) is 0 Å². The zero-order valence-corrected chi connectivity index (χ0v) is 9.89. The van der Waals surface area contributed by atoms with Gasteiger partial charge in [0.15, 0.2) is 0 Å². The normalized spacial score (nSPS) is 26.0. The highest BCUT2D eigenvalue weighted by atomic mass is 15.1. The van der Waals surface area contributed by atoms with Crippen molar-refractivity contribution in [3.8, 4) is 0 Å². The van der Waals surface area contributed by atoms with Crippen LogP contribution in [0.2, 0.25) is 0 Å². The van der Waals surface area contributed by atoms with E-state index in [1.807, 2.05) is 0 Å². The third-order valence-electron chi connectivity index (χ3n) is 3.23. The zero-order valence-electron chi connectivity index (χ0n) is 9.89. The van der Waals surface area contributed by atoms with Gasteiger partial charge in [0.1, 0.15) is 0 Å². The maximum atomic E-state index is 2.49. The summed E-state index contributed by atoms with van der Waals surface area (Å²) in [6, 6.07) is 0. The molecule has 1 aliphatic heterocycles. The van der Waals surface area contributed by atoms with Crippen LogP contribution < -0.4 is 0 Å². The van der Waals surface area contributed by atoms with E-state index in [0.717, 1.165) is 0 Å². The predicted molar refractivity (Wildman–Crippen MR) is 63.6 cm³/mol. The quantitative estimate of drug-likeness (QED) is 0.534. The standard InChI is InChI=1S/C13H25N/c1-3-13-9-5-4-7-11-14(2)12-8-6-10-13/h3H,4-12H2,1-2H3/b13-3-. The van der Waals surface area contributed by atoms with Crippen LogP contribution in [0.1, 0.15) is 51.9 Å². The van der Waals surface area contributed by atoms with Crippen LogP contribution in [0.3, 0.4) is 0 Å². The van der Waals surface area contributed by atoms with Gasteiger partial charge in [0.05, 0.1) is 0 Å². The van der Waals surface area contributed by atoms with Crippen LogP contribution in [0.4, 0.5) is 0 Å². The molecule has 0 aromatic carbocycles. The number of rotatable bonds is 0. The highest BCUT2D eigenvalue weighted by molar-refractivity contribution is 4.99. The van der Waals surface area contributed by atoms with E-state index in [4.69, 9.17) is 0 Å². The Bertz CT molecular complexity index is 172. The van der Waals surface area contributed by atoms with E-state index in [9.17, 15) is 0 Å². The molecule has 0 aromatic heterocycles. The van der Waals surface area contributed by atoms with E-state index in [2.05, 4.69) is 24.9 Å². The summed E-state index contributed by atoms with van der Waals surface area (Å²) >= 11 is 0. The van der Waals surface area contributed by atoms with Crippen molar-refractivity contribution in [3.63, 3.8) is 0 Å². The highest BCUT2D eigenvalue weighted by Gasteiger charge is 2.03. The number of allylic oxidation sites excluding steroid dienone is 2. The lowest BCUT2D eigenvalue weighted by Gasteiger charge is -2.15. The van der Waals surface area contributed by atoms with Gasteiger partial charge in [0, 0.05) is 0 Å². The van der Waals surface area contributed by atoms with Gasteiger partial charge in [-0.3, -0.25) is 0 Å². The van der Waals surface area contributed by atoms with Crippen molar-refractivity contribution in [2.24, 2.45) is 0 Å². The maximum absolute atomic E-state index is 2.49. The summed E-state index contributed by atoms with van der Waals surface area (Å²) in [5.74, 6) is 0. The molecule has 0 N–H and O–H groups in total. The number of nitrogens with zero attached hydrogens (tertiary/aromatic N) is 1. The van der Waals surface area contributed by atoms with E-state index in [-0.39, 0.29) is 0 Å². The van der Waals surface area contributed by atoms with Gasteiger partial charge >= 0.3 is 0 Å². The van der Waals surface area contributed by atoms with Crippen molar-refractivity contribution in [1.29, 1.82) is 0 Å². The summed E-state index contributed by atoms with van der Waals surface area (Å²) in [5, 5.41) is 0. The molecule has 0 unspecified atom stereocenters. The summed E-state index contributed by atoms with van der Waals surface area (Å²) in [7, 11) is 2.26. The van der Waals surface area contributed by atoms with Crippen molar-refractivity contribution >= 4 is 0 Å². The lowest BCUT2D eigenvalue weighted by Crippen LogP contribution is -2.20. The van der Waals surface area contributed by atoms with Gasteiger partial charge in [-0.05, 0) is 65.6 Å². The Labute approximate surface area is 89.2 Å². The molecule has 0 radical (unpaired) electrons. The van der Waals surface area contributed by atoms with Gasteiger partial charge in [-0.2, -0.15) is 0 Å².